The zero-order valence-corrected chi connectivity index (χ0v) is 12.4. The molecule has 2 unspecified atom stereocenters. The molecule has 1 saturated carbocycles. The van der Waals surface area contributed by atoms with Gasteiger partial charge in [-0.15, -0.1) is 0 Å². The number of halogens is 1. The number of amidine groups is 1. The van der Waals surface area contributed by atoms with Gasteiger partial charge in [0.05, 0.1) is 4.90 Å². The van der Waals surface area contributed by atoms with E-state index in [0.29, 0.717) is 18.4 Å². The molecule has 0 amide bonds. The Morgan fingerprint density at radius 1 is 1.48 bits per heavy atom. The molecule has 8 heteroatoms. The molecule has 1 aliphatic rings. The van der Waals surface area contributed by atoms with Gasteiger partial charge in [0.15, 0.2) is 0 Å². The number of sulfonamides is 1. The minimum Gasteiger partial charge on any atom is -0.409 e. The predicted octanol–water partition coefficient (Wildman–Crippen LogP) is 1.33. The monoisotopic (exact) mass is 315 g/mol. The summed E-state index contributed by atoms with van der Waals surface area (Å²) < 4.78 is 40.6. The number of oxime groups is 1. The Kier molecular flexibility index (Phi) is 4.48. The highest BCUT2D eigenvalue weighted by Gasteiger charge is 2.34. The lowest BCUT2D eigenvalue weighted by Gasteiger charge is -2.20. The molecule has 2 atom stereocenters. The molecule has 0 aromatic heterocycles. The van der Waals surface area contributed by atoms with Gasteiger partial charge < -0.3 is 10.9 Å². The summed E-state index contributed by atoms with van der Waals surface area (Å²) in [6, 6.07) is 3.17. The first-order valence-electron chi connectivity index (χ1n) is 6.61. The predicted molar refractivity (Wildman–Crippen MR) is 76.0 cm³/mol. The van der Waals surface area contributed by atoms with Crippen LogP contribution in [0.1, 0.15) is 24.8 Å². The maximum absolute atomic E-state index is 13.3. The van der Waals surface area contributed by atoms with Crippen molar-refractivity contribution in [2.75, 3.05) is 0 Å². The Balaban J connectivity index is 2.27. The minimum atomic E-state index is -3.85. The molecule has 2 rings (SSSR count). The van der Waals surface area contributed by atoms with Crippen LogP contribution in [0.15, 0.2) is 28.3 Å². The molecule has 0 bridgehead atoms. The maximum atomic E-state index is 13.3. The molecular weight excluding hydrogens is 297 g/mol. The number of aryl methyl sites for hydroxylation is 1. The smallest absolute Gasteiger partial charge is 0.241 e. The van der Waals surface area contributed by atoms with Gasteiger partial charge in [0, 0.05) is 12.0 Å². The van der Waals surface area contributed by atoms with Crippen molar-refractivity contribution in [3.63, 3.8) is 0 Å². The van der Waals surface area contributed by atoms with E-state index < -0.39 is 21.9 Å². The summed E-state index contributed by atoms with van der Waals surface area (Å²) in [5, 5.41) is 11.7. The Morgan fingerprint density at radius 2 is 2.19 bits per heavy atom. The van der Waals surface area contributed by atoms with Crippen molar-refractivity contribution < 1.29 is 18.0 Å². The second kappa shape index (κ2) is 5.98. The van der Waals surface area contributed by atoms with Crippen molar-refractivity contribution in [3.05, 3.63) is 29.6 Å². The summed E-state index contributed by atoms with van der Waals surface area (Å²) in [7, 11) is -3.85. The summed E-state index contributed by atoms with van der Waals surface area (Å²) in [4.78, 5) is -0.0901. The Labute approximate surface area is 122 Å². The van der Waals surface area contributed by atoms with E-state index in [1.165, 1.54) is 12.1 Å². The lowest BCUT2D eigenvalue weighted by atomic mass is 10.0. The van der Waals surface area contributed by atoms with E-state index in [2.05, 4.69) is 9.88 Å². The highest BCUT2D eigenvalue weighted by atomic mass is 32.2. The largest absolute Gasteiger partial charge is 0.409 e. The number of rotatable bonds is 4. The highest BCUT2D eigenvalue weighted by Crippen LogP contribution is 2.28. The van der Waals surface area contributed by atoms with E-state index in [0.717, 1.165) is 12.5 Å². The van der Waals surface area contributed by atoms with Crippen LogP contribution < -0.4 is 10.5 Å². The van der Waals surface area contributed by atoms with Gasteiger partial charge in [-0.25, -0.2) is 17.5 Å². The van der Waals surface area contributed by atoms with Gasteiger partial charge in [-0.2, -0.15) is 0 Å². The van der Waals surface area contributed by atoms with Crippen molar-refractivity contribution in [1.29, 1.82) is 0 Å². The van der Waals surface area contributed by atoms with Crippen molar-refractivity contribution >= 4 is 15.9 Å². The third-order valence-corrected chi connectivity index (χ3v) is 5.39. The lowest BCUT2D eigenvalue weighted by Crippen LogP contribution is -2.42. The van der Waals surface area contributed by atoms with Crippen LogP contribution in [0.5, 0.6) is 0 Å². The molecule has 21 heavy (non-hydrogen) atoms. The average Bonchev–Trinajstić information content (AvgIpc) is 2.87. The Bertz CT molecular complexity index is 661. The Morgan fingerprint density at radius 3 is 2.86 bits per heavy atom. The zero-order valence-electron chi connectivity index (χ0n) is 11.6. The normalized spacial score (nSPS) is 23.4. The summed E-state index contributed by atoms with van der Waals surface area (Å²) >= 11 is 0. The third kappa shape index (κ3) is 3.33. The summed E-state index contributed by atoms with van der Waals surface area (Å²) in [6.45, 7) is 1.60. The number of benzene rings is 1. The van der Waals surface area contributed by atoms with Gasteiger partial charge in [0.25, 0.3) is 0 Å². The molecule has 0 saturated heterocycles. The van der Waals surface area contributed by atoms with E-state index in [-0.39, 0.29) is 16.6 Å². The van der Waals surface area contributed by atoms with Crippen LogP contribution in [0.25, 0.3) is 0 Å². The lowest BCUT2D eigenvalue weighted by molar-refractivity contribution is 0.312. The summed E-state index contributed by atoms with van der Waals surface area (Å²) in [5.74, 6) is -0.949. The fourth-order valence-corrected chi connectivity index (χ4v) is 4.22. The first kappa shape index (κ1) is 15.7. The standard InChI is InChI=1S/C13H18FN3O3S/c1-8-5-6-9(14)7-12(8)21(19,20)17-11-4-2-3-10(11)13(15)16-18/h5-7,10-11,17-18H,2-4H2,1H3,(H2,15,16). The molecule has 116 valence electrons. The van der Waals surface area contributed by atoms with Crippen molar-refractivity contribution in [2.45, 2.75) is 37.1 Å². The van der Waals surface area contributed by atoms with E-state index in [1.54, 1.807) is 6.92 Å². The molecule has 1 aromatic carbocycles. The van der Waals surface area contributed by atoms with Gasteiger partial charge in [-0.1, -0.05) is 17.6 Å². The van der Waals surface area contributed by atoms with E-state index in [4.69, 9.17) is 10.9 Å². The SMILES string of the molecule is Cc1ccc(F)cc1S(=O)(=O)NC1CCCC1C(N)=NO. The molecular formula is C13H18FN3O3S. The minimum absolute atomic E-state index is 0.0103. The van der Waals surface area contributed by atoms with Crippen LogP contribution in [-0.2, 0) is 10.0 Å². The first-order chi connectivity index (χ1) is 9.85. The molecule has 1 aromatic rings. The average molecular weight is 315 g/mol. The first-order valence-corrected chi connectivity index (χ1v) is 8.09. The summed E-state index contributed by atoms with van der Waals surface area (Å²) in [6.07, 6.45) is 2.01. The van der Waals surface area contributed by atoms with Crippen LogP contribution in [0.3, 0.4) is 0 Å². The number of nitrogens with two attached hydrogens (primary N) is 1. The van der Waals surface area contributed by atoms with Crippen molar-refractivity contribution in [1.82, 2.24) is 4.72 Å². The summed E-state index contributed by atoms with van der Waals surface area (Å²) in [5.41, 5.74) is 6.05. The quantitative estimate of drug-likeness (QED) is 0.337. The van der Waals surface area contributed by atoms with Crippen molar-refractivity contribution in [3.8, 4) is 0 Å². The van der Waals surface area contributed by atoms with Gasteiger partial charge in [-0.05, 0) is 37.5 Å². The fraction of sp³-hybridized carbons (Fsp3) is 0.462. The number of nitrogens with one attached hydrogen (secondary N) is 1. The molecule has 0 aliphatic heterocycles. The second-order valence-electron chi connectivity index (χ2n) is 5.20. The highest BCUT2D eigenvalue weighted by molar-refractivity contribution is 7.89. The van der Waals surface area contributed by atoms with Gasteiger partial charge in [0.2, 0.25) is 10.0 Å². The molecule has 0 radical (unpaired) electrons. The van der Waals surface area contributed by atoms with Crippen LogP contribution in [0, 0.1) is 18.7 Å². The van der Waals surface area contributed by atoms with Gasteiger partial charge in [-0.3, -0.25) is 0 Å². The number of hydrogen-bond donors (Lipinski definition) is 3. The van der Waals surface area contributed by atoms with Crippen LogP contribution in [0.2, 0.25) is 0 Å². The molecule has 1 fully saturated rings. The molecule has 0 spiro atoms. The topological polar surface area (TPSA) is 105 Å². The van der Waals surface area contributed by atoms with Crippen molar-refractivity contribution in [2.24, 2.45) is 16.8 Å². The number of nitrogens with zero attached hydrogens (tertiary/aromatic N) is 1. The third-order valence-electron chi connectivity index (χ3n) is 3.76. The van der Waals surface area contributed by atoms with E-state index >= 15 is 0 Å². The molecule has 4 N–H and O–H groups in total. The van der Waals surface area contributed by atoms with Gasteiger partial charge >= 0.3 is 0 Å². The fourth-order valence-electron chi connectivity index (χ4n) is 2.66. The van der Waals surface area contributed by atoms with E-state index in [1.807, 2.05) is 0 Å². The molecule has 0 heterocycles. The van der Waals surface area contributed by atoms with Crippen LogP contribution in [0.4, 0.5) is 4.39 Å². The maximum Gasteiger partial charge on any atom is 0.241 e. The molecule has 6 nitrogen and oxygen atoms in total. The number of hydrogen-bond acceptors (Lipinski definition) is 4. The zero-order chi connectivity index (χ0) is 15.6. The van der Waals surface area contributed by atoms with Crippen LogP contribution >= 0.6 is 0 Å². The van der Waals surface area contributed by atoms with Crippen LogP contribution in [-0.4, -0.2) is 25.5 Å². The Hall–Kier alpha value is -1.67. The second-order valence-corrected chi connectivity index (χ2v) is 6.88. The van der Waals surface area contributed by atoms with Gasteiger partial charge in [0.1, 0.15) is 11.7 Å². The van der Waals surface area contributed by atoms with E-state index in [9.17, 15) is 12.8 Å². The molecule has 1 aliphatic carbocycles.